The van der Waals surface area contributed by atoms with Crippen LogP contribution >= 0.6 is 0 Å². The molecule has 7 aromatic rings. The van der Waals surface area contributed by atoms with Crippen molar-refractivity contribution in [3.05, 3.63) is 156 Å². The van der Waals surface area contributed by atoms with E-state index in [0.717, 1.165) is 51.8 Å². The molecule has 1 fully saturated rings. The summed E-state index contributed by atoms with van der Waals surface area (Å²) in [5.74, 6) is 1.74. The van der Waals surface area contributed by atoms with Crippen LogP contribution in [0.1, 0.15) is 48.8 Å². The number of nitrogens with zero attached hydrogens (tertiary/aromatic N) is 5. The molecular formula is C45H33N5. The van der Waals surface area contributed by atoms with Gasteiger partial charge in [-0.15, -0.1) is 0 Å². The number of pyridine rings is 1. The zero-order valence-electron chi connectivity index (χ0n) is 27.6. The Hall–Kier alpha value is -6.25. The highest BCUT2D eigenvalue weighted by atomic mass is 15.0. The molecule has 0 amide bonds. The fourth-order valence-corrected chi connectivity index (χ4v) is 7.94. The van der Waals surface area contributed by atoms with Gasteiger partial charge in [-0.3, -0.25) is 4.98 Å². The van der Waals surface area contributed by atoms with Crippen LogP contribution in [-0.2, 0) is 5.41 Å². The molecule has 5 heteroatoms. The minimum Gasteiger partial charge on any atom is -0.252 e. The standard InChI is InChI=1S/C45H33N5/c46-28-30-17-20-37-38-21-18-34(27-40(38)45(39(37)25-30)23-8-3-9-24-45)36-19-22-41(47-29-36)44-49-42(32-13-6-2-7-14-32)48-43(50-44)35-16-10-15-33(26-35)31-11-4-1-5-12-31/h1-2,4-7,10-22,25-27,29H,3,8-9,23-24H2. The van der Waals surface area contributed by atoms with Crippen LogP contribution in [0.15, 0.2) is 140 Å². The molecule has 1 saturated carbocycles. The maximum Gasteiger partial charge on any atom is 0.182 e. The molecule has 2 aliphatic rings. The Balaban J connectivity index is 1.10. The Morgan fingerprint density at radius 2 is 1.08 bits per heavy atom. The summed E-state index contributed by atoms with van der Waals surface area (Å²) in [5, 5.41) is 9.70. The lowest BCUT2D eigenvalue weighted by atomic mass is 9.67. The molecule has 0 radical (unpaired) electrons. The molecule has 238 valence electrons. The molecule has 9 rings (SSSR count). The van der Waals surface area contributed by atoms with Crippen molar-refractivity contribution in [3.63, 3.8) is 0 Å². The molecule has 2 heterocycles. The summed E-state index contributed by atoms with van der Waals surface area (Å²) >= 11 is 0. The fourth-order valence-electron chi connectivity index (χ4n) is 7.94. The van der Waals surface area contributed by atoms with Crippen LogP contribution in [0.25, 0.3) is 67.7 Å². The monoisotopic (exact) mass is 643 g/mol. The molecule has 0 bridgehead atoms. The predicted molar refractivity (Wildman–Crippen MR) is 199 cm³/mol. The lowest BCUT2D eigenvalue weighted by Crippen LogP contribution is -2.28. The van der Waals surface area contributed by atoms with E-state index in [9.17, 15) is 5.26 Å². The summed E-state index contributed by atoms with van der Waals surface area (Å²) in [6, 6.07) is 48.3. The molecule has 50 heavy (non-hydrogen) atoms. The van der Waals surface area contributed by atoms with Crippen molar-refractivity contribution in [2.45, 2.75) is 37.5 Å². The number of benzene rings is 5. The van der Waals surface area contributed by atoms with Gasteiger partial charge < -0.3 is 0 Å². The minimum atomic E-state index is -0.0356. The maximum atomic E-state index is 9.70. The summed E-state index contributed by atoms with van der Waals surface area (Å²) in [6.45, 7) is 0. The first kappa shape index (κ1) is 29.9. The fraction of sp³-hybridized carbons (Fsp3) is 0.133. The SMILES string of the molecule is N#Cc1ccc2c(c1)C1(CCCCC1)c1cc(-c3ccc(-c4nc(-c5ccccc5)nc(-c5cccc(-c6ccccc6)c5)n4)nc3)ccc1-2. The summed E-state index contributed by atoms with van der Waals surface area (Å²) in [5.41, 5.74) is 12.9. The van der Waals surface area contributed by atoms with Crippen molar-refractivity contribution >= 4 is 0 Å². The van der Waals surface area contributed by atoms with Gasteiger partial charge in [-0.2, -0.15) is 5.26 Å². The van der Waals surface area contributed by atoms with E-state index in [0.29, 0.717) is 23.2 Å². The van der Waals surface area contributed by atoms with Gasteiger partial charge in [0.1, 0.15) is 5.69 Å². The Bertz CT molecular complexity index is 2400. The number of hydrogen-bond acceptors (Lipinski definition) is 5. The lowest BCUT2D eigenvalue weighted by molar-refractivity contribution is 0.353. The summed E-state index contributed by atoms with van der Waals surface area (Å²) in [4.78, 5) is 19.8. The Kier molecular flexibility index (Phi) is 7.36. The molecule has 0 atom stereocenters. The molecule has 1 spiro atoms. The number of aromatic nitrogens is 4. The summed E-state index contributed by atoms with van der Waals surface area (Å²) < 4.78 is 0. The average molecular weight is 644 g/mol. The number of fused-ring (bicyclic) bond motifs is 5. The van der Waals surface area contributed by atoms with E-state index in [4.69, 9.17) is 19.9 Å². The van der Waals surface area contributed by atoms with Crippen LogP contribution in [0.4, 0.5) is 0 Å². The van der Waals surface area contributed by atoms with Crippen molar-refractivity contribution in [1.82, 2.24) is 19.9 Å². The van der Waals surface area contributed by atoms with Gasteiger partial charge >= 0.3 is 0 Å². The smallest absolute Gasteiger partial charge is 0.182 e. The minimum absolute atomic E-state index is 0.0356. The van der Waals surface area contributed by atoms with Gasteiger partial charge in [-0.05, 0) is 82.1 Å². The lowest BCUT2D eigenvalue weighted by Gasteiger charge is -2.36. The molecule has 2 aromatic heterocycles. The quantitative estimate of drug-likeness (QED) is 0.187. The van der Waals surface area contributed by atoms with Gasteiger partial charge in [-0.1, -0.05) is 122 Å². The molecule has 2 aliphatic carbocycles. The zero-order chi connectivity index (χ0) is 33.5. The van der Waals surface area contributed by atoms with E-state index in [1.54, 1.807) is 0 Å². The van der Waals surface area contributed by atoms with E-state index >= 15 is 0 Å². The van der Waals surface area contributed by atoms with E-state index in [2.05, 4.69) is 66.7 Å². The second kappa shape index (κ2) is 12.3. The Morgan fingerprint density at radius 3 is 1.80 bits per heavy atom. The number of nitriles is 1. The zero-order valence-corrected chi connectivity index (χ0v) is 27.6. The van der Waals surface area contributed by atoms with Crippen molar-refractivity contribution in [3.8, 4) is 73.7 Å². The van der Waals surface area contributed by atoms with Gasteiger partial charge in [0.15, 0.2) is 17.5 Å². The van der Waals surface area contributed by atoms with E-state index in [1.165, 1.54) is 41.5 Å². The van der Waals surface area contributed by atoms with Crippen molar-refractivity contribution in [1.29, 1.82) is 5.26 Å². The highest BCUT2D eigenvalue weighted by Crippen LogP contribution is 2.56. The highest BCUT2D eigenvalue weighted by molar-refractivity contribution is 5.84. The molecule has 0 unspecified atom stereocenters. The summed E-state index contributed by atoms with van der Waals surface area (Å²) in [7, 11) is 0. The average Bonchev–Trinajstić information content (AvgIpc) is 3.45. The molecule has 5 aromatic carbocycles. The van der Waals surface area contributed by atoms with E-state index < -0.39 is 0 Å². The first-order valence-electron chi connectivity index (χ1n) is 17.3. The van der Waals surface area contributed by atoms with Crippen LogP contribution in [-0.4, -0.2) is 19.9 Å². The summed E-state index contributed by atoms with van der Waals surface area (Å²) in [6.07, 6.45) is 7.82. The highest BCUT2D eigenvalue weighted by Gasteiger charge is 2.44. The van der Waals surface area contributed by atoms with Crippen LogP contribution in [0.2, 0.25) is 0 Å². The molecule has 0 saturated heterocycles. The maximum absolute atomic E-state index is 9.70. The van der Waals surface area contributed by atoms with Crippen molar-refractivity contribution in [2.24, 2.45) is 0 Å². The molecule has 5 nitrogen and oxygen atoms in total. The second-order valence-electron chi connectivity index (χ2n) is 13.3. The molecule has 0 N–H and O–H groups in total. The third kappa shape index (κ3) is 5.17. The first-order valence-corrected chi connectivity index (χ1v) is 17.3. The number of hydrogen-bond donors (Lipinski definition) is 0. The van der Waals surface area contributed by atoms with Crippen LogP contribution in [0, 0.1) is 11.3 Å². The van der Waals surface area contributed by atoms with Gasteiger partial charge in [0, 0.05) is 28.3 Å². The van der Waals surface area contributed by atoms with Crippen molar-refractivity contribution < 1.29 is 0 Å². The Morgan fingerprint density at radius 1 is 0.480 bits per heavy atom. The van der Waals surface area contributed by atoms with Crippen LogP contribution in [0.5, 0.6) is 0 Å². The predicted octanol–water partition coefficient (Wildman–Crippen LogP) is 10.7. The third-order valence-electron chi connectivity index (χ3n) is 10.4. The molecule has 0 aliphatic heterocycles. The van der Waals surface area contributed by atoms with Crippen LogP contribution < -0.4 is 0 Å². The van der Waals surface area contributed by atoms with Gasteiger partial charge in [0.2, 0.25) is 0 Å². The van der Waals surface area contributed by atoms with E-state index in [1.807, 2.05) is 79.0 Å². The third-order valence-corrected chi connectivity index (χ3v) is 10.4. The van der Waals surface area contributed by atoms with Crippen molar-refractivity contribution in [2.75, 3.05) is 0 Å². The van der Waals surface area contributed by atoms with Gasteiger partial charge in [0.25, 0.3) is 0 Å². The number of rotatable bonds is 5. The van der Waals surface area contributed by atoms with Crippen LogP contribution in [0.3, 0.4) is 0 Å². The van der Waals surface area contributed by atoms with Gasteiger partial charge in [-0.25, -0.2) is 15.0 Å². The normalized spacial score (nSPS) is 14.1. The Labute approximate surface area is 292 Å². The van der Waals surface area contributed by atoms with Gasteiger partial charge in [0.05, 0.1) is 11.6 Å². The topological polar surface area (TPSA) is 75.3 Å². The first-order chi connectivity index (χ1) is 24.7. The molecular weight excluding hydrogens is 611 g/mol. The second-order valence-corrected chi connectivity index (χ2v) is 13.3. The largest absolute Gasteiger partial charge is 0.252 e. The van der Waals surface area contributed by atoms with E-state index in [-0.39, 0.29) is 5.41 Å².